The quantitative estimate of drug-likeness (QED) is 0.348. The van der Waals surface area contributed by atoms with E-state index >= 15 is 0 Å². The topological polar surface area (TPSA) is 51.0 Å². The molecular weight excluding hydrogens is 511 g/mol. The van der Waals surface area contributed by atoms with E-state index in [-0.39, 0.29) is 24.0 Å². The predicted octanol–water partition coefficient (Wildman–Crippen LogP) is 3.63. The fourth-order valence-corrected chi connectivity index (χ4v) is 3.27. The van der Waals surface area contributed by atoms with Gasteiger partial charge in [-0.2, -0.15) is 0 Å². The number of aromatic nitrogens is 1. The lowest BCUT2D eigenvalue weighted by molar-refractivity contribution is 0.352. The Labute approximate surface area is 180 Å². The monoisotopic (exact) mass is 536 g/mol. The van der Waals surface area contributed by atoms with Crippen LogP contribution in [-0.2, 0) is 20.1 Å². The fourth-order valence-electron chi connectivity index (χ4n) is 2.62. The van der Waals surface area contributed by atoms with Crippen molar-refractivity contribution >= 4 is 45.9 Å². The molecule has 0 fully saturated rings. The number of hydrogen-bond acceptors (Lipinski definition) is 3. The lowest BCUT2D eigenvalue weighted by atomic mass is 10.2. The van der Waals surface area contributed by atoms with Crippen molar-refractivity contribution in [2.45, 2.75) is 13.1 Å². The smallest absolute Gasteiger partial charge is 0.194 e. The zero-order chi connectivity index (χ0) is 18.4. The van der Waals surface area contributed by atoms with E-state index < -0.39 is 0 Å². The molecule has 0 bridgehead atoms. The molecule has 0 unspecified atom stereocenters. The molecule has 0 spiro atoms. The molecule has 2 aromatic rings. The molecule has 1 N–H and O–H groups in total. The number of nitrogens with one attached hydrogen (secondary N) is 1. The number of methoxy groups -OCH3 is 2. The molecule has 1 aromatic heterocycles. The molecule has 1 heterocycles. The molecule has 0 radical (unpaired) electrons. The van der Waals surface area contributed by atoms with E-state index in [9.17, 15) is 0 Å². The molecule has 26 heavy (non-hydrogen) atoms. The molecule has 0 aliphatic heterocycles. The van der Waals surface area contributed by atoms with Crippen LogP contribution in [0.3, 0.4) is 0 Å². The Morgan fingerprint density at radius 1 is 1.31 bits per heavy atom. The van der Waals surface area contributed by atoms with Gasteiger partial charge >= 0.3 is 0 Å². The van der Waals surface area contributed by atoms with Crippen molar-refractivity contribution in [2.24, 2.45) is 12.0 Å². The highest BCUT2D eigenvalue weighted by Crippen LogP contribution is 2.36. The highest BCUT2D eigenvalue weighted by Gasteiger charge is 2.12. The summed E-state index contributed by atoms with van der Waals surface area (Å²) in [6.07, 6.45) is 2.04. The number of aliphatic imine (C=N–C) groups is 1. The Morgan fingerprint density at radius 3 is 2.58 bits per heavy atom. The summed E-state index contributed by atoms with van der Waals surface area (Å²) < 4.78 is 13.7. The second-order valence-corrected chi connectivity index (χ2v) is 6.53. The zero-order valence-electron chi connectivity index (χ0n) is 15.7. The molecule has 0 saturated heterocycles. The van der Waals surface area contributed by atoms with Crippen molar-refractivity contribution in [3.8, 4) is 11.5 Å². The molecule has 6 nitrogen and oxygen atoms in total. The van der Waals surface area contributed by atoms with E-state index in [1.54, 1.807) is 21.3 Å². The zero-order valence-corrected chi connectivity index (χ0v) is 19.7. The van der Waals surface area contributed by atoms with Crippen LogP contribution in [0.2, 0.25) is 0 Å². The van der Waals surface area contributed by atoms with Gasteiger partial charge in [-0.1, -0.05) is 0 Å². The first-order chi connectivity index (χ1) is 12.0. The maximum Gasteiger partial charge on any atom is 0.194 e. The van der Waals surface area contributed by atoms with Crippen LogP contribution >= 0.6 is 39.9 Å². The molecule has 144 valence electrons. The van der Waals surface area contributed by atoms with Crippen LogP contribution in [0.25, 0.3) is 0 Å². The Bertz CT molecular complexity index is 749. The summed E-state index contributed by atoms with van der Waals surface area (Å²) in [5.74, 6) is 2.21. The van der Waals surface area contributed by atoms with Gasteiger partial charge in [0.05, 0.1) is 25.2 Å². The van der Waals surface area contributed by atoms with Gasteiger partial charge in [0.25, 0.3) is 0 Å². The maximum absolute atomic E-state index is 5.40. The minimum Gasteiger partial charge on any atom is -0.493 e. The molecule has 8 heteroatoms. The van der Waals surface area contributed by atoms with Crippen molar-refractivity contribution < 1.29 is 9.47 Å². The molecular formula is C18H26BrIN4O2. The summed E-state index contributed by atoms with van der Waals surface area (Å²) in [6, 6.07) is 8.12. The number of ether oxygens (including phenoxy) is 2. The van der Waals surface area contributed by atoms with Crippen LogP contribution < -0.4 is 14.8 Å². The molecule has 0 atom stereocenters. The number of benzene rings is 1. The Balaban J connectivity index is 0.00000338. The van der Waals surface area contributed by atoms with Crippen molar-refractivity contribution in [3.63, 3.8) is 0 Å². The number of halogens is 2. The number of aryl methyl sites for hydroxylation is 1. The average molecular weight is 537 g/mol. The van der Waals surface area contributed by atoms with Gasteiger partial charge < -0.3 is 24.3 Å². The molecule has 0 aliphatic carbocycles. The minimum atomic E-state index is 0. The number of rotatable bonds is 6. The summed E-state index contributed by atoms with van der Waals surface area (Å²) >= 11 is 3.52. The molecule has 0 aliphatic rings. The van der Waals surface area contributed by atoms with Crippen molar-refractivity contribution in [1.82, 2.24) is 14.8 Å². The lowest BCUT2D eigenvalue weighted by Crippen LogP contribution is -2.38. The van der Waals surface area contributed by atoms with Crippen LogP contribution in [0.4, 0.5) is 0 Å². The molecule has 0 amide bonds. The SMILES string of the molecule is CN=C(NCc1cc(Br)c(OC)c(OC)c1)N(C)Cc1cccn1C.I. The van der Waals surface area contributed by atoms with E-state index in [1.807, 2.05) is 38.5 Å². The van der Waals surface area contributed by atoms with Gasteiger partial charge in [-0.25, -0.2) is 0 Å². The highest BCUT2D eigenvalue weighted by atomic mass is 127. The first-order valence-electron chi connectivity index (χ1n) is 7.92. The largest absolute Gasteiger partial charge is 0.493 e. The van der Waals surface area contributed by atoms with E-state index in [4.69, 9.17) is 9.47 Å². The Morgan fingerprint density at radius 2 is 2.04 bits per heavy atom. The Hall–Kier alpha value is -1.42. The first kappa shape index (κ1) is 22.6. The second-order valence-electron chi connectivity index (χ2n) is 5.68. The van der Waals surface area contributed by atoms with Crippen LogP contribution in [0.1, 0.15) is 11.3 Å². The van der Waals surface area contributed by atoms with Crippen LogP contribution in [0.15, 0.2) is 39.9 Å². The van der Waals surface area contributed by atoms with Gasteiger partial charge in [-0.05, 0) is 45.8 Å². The third kappa shape index (κ3) is 5.54. The van der Waals surface area contributed by atoms with Gasteiger partial charge in [0.1, 0.15) is 0 Å². The molecule has 0 saturated carbocycles. The normalized spacial score (nSPS) is 10.9. The van der Waals surface area contributed by atoms with E-state index in [0.29, 0.717) is 18.0 Å². The average Bonchev–Trinajstić information content (AvgIpc) is 2.99. The van der Waals surface area contributed by atoms with Gasteiger partial charge in [0.15, 0.2) is 17.5 Å². The van der Waals surface area contributed by atoms with Crippen LogP contribution in [0.5, 0.6) is 11.5 Å². The van der Waals surface area contributed by atoms with E-state index in [2.05, 4.69) is 41.8 Å². The summed E-state index contributed by atoms with van der Waals surface area (Å²) in [7, 11) is 9.11. The van der Waals surface area contributed by atoms with Crippen molar-refractivity contribution in [1.29, 1.82) is 0 Å². The first-order valence-corrected chi connectivity index (χ1v) is 8.71. The minimum absolute atomic E-state index is 0. The van der Waals surface area contributed by atoms with Crippen LogP contribution in [0, 0.1) is 0 Å². The van der Waals surface area contributed by atoms with Crippen molar-refractivity contribution in [3.05, 3.63) is 46.2 Å². The van der Waals surface area contributed by atoms with E-state index in [1.165, 1.54) is 5.69 Å². The van der Waals surface area contributed by atoms with Gasteiger partial charge in [0.2, 0.25) is 0 Å². The van der Waals surface area contributed by atoms with Gasteiger partial charge in [-0.3, -0.25) is 4.99 Å². The van der Waals surface area contributed by atoms with Gasteiger partial charge in [-0.15, -0.1) is 24.0 Å². The summed E-state index contributed by atoms with van der Waals surface area (Å²) in [5.41, 5.74) is 2.29. The van der Waals surface area contributed by atoms with Crippen LogP contribution in [-0.4, -0.2) is 43.7 Å². The fraction of sp³-hybridized carbons (Fsp3) is 0.389. The van der Waals surface area contributed by atoms with E-state index in [0.717, 1.165) is 22.5 Å². The number of hydrogen-bond donors (Lipinski definition) is 1. The highest BCUT2D eigenvalue weighted by molar-refractivity contribution is 14.0. The second kappa shape index (κ2) is 10.7. The summed E-state index contributed by atoms with van der Waals surface area (Å²) in [5, 5.41) is 3.38. The standard InChI is InChI=1S/C18H25BrN4O2.HI/c1-20-18(23(3)12-14-7-6-8-22(14)2)21-11-13-9-15(19)17(25-5)16(10-13)24-4;/h6-10H,11-12H2,1-5H3,(H,20,21);1H. The molecule has 1 aromatic carbocycles. The predicted molar refractivity (Wildman–Crippen MR) is 120 cm³/mol. The lowest BCUT2D eigenvalue weighted by Gasteiger charge is -2.22. The number of guanidine groups is 1. The third-order valence-electron chi connectivity index (χ3n) is 3.97. The van der Waals surface area contributed by atoms with Crippen molar-refractivity contribution in [2.75, 3.05) is 28.3 Å². The number of nitrogens with zero attached hydrogens (tertiary/aromatic N) is 3. The van der Waals surface area contributed by atoms with Gasteiger partial charge in [0, 0.05) is 39.6 Å². The summed E-state index contributed by atoms with van der Waals surface area (Å²) in [4.78, 5) is 6.45. The Kier molecular flexibility index (Phi) is 9.28. The third-order valence-corrected chi connectivity index (χ3v) is 4.56. The molecule has 2 rings (SSSR count). The maximum atomic E-state index is 5.40. The summed E-state index contributed by atoms with van der Waals surface area (Å²) in [6.45, 7) is 1.40.